The fourth-order valence-electron chi connectivity index (χ4n) is 3.00. The summed E-state index contributed by atoms with van der Waals surface area (Å²) in [5.74, 6) is -1.95. The molecule has 1 aromatic carbocycles. The molecule has 0 aliphatic carbocycles. The Labute approximate surface area is 138 Å². The molecule has 8 heteroatoms. The largest absolute Gasteiger partial charge is 0.366 e. The average molecular weight is 339 g/mol. The number of rotatable bonds is 3. The number of hydrogen-bond acceptors (Lipinski definition) is 3. The van der Waals surface area contributed by atoms with E-state index in [1.807, 2.05) is 0 Å². The van der Waals surface area contributed by atoms with Gasteiger partial charge in [-0.25, -0.2) is 13.6 Å². The number of piperidine rings is 1. The zero-order valence-corrected chi connectivity index (χ0v) is 13.1. The van der Waals surface area contributed by atoms with Gasteiger partial charge in [-0.3, -0.25) is 4.79 Å². The third kappa shape index (κ3) is 3.81. The highest BCUT2D eigenvalue weighted by molar-refractivity contribution is 5.79. The Bertz CT molecular complexity index is 641. The number of amides is 3. The molecule has 0 saturated carbocycles. The number of fused-ring (bicyclic) bond motifs is 1. The molecule has 2 saturated heterocycles. The topological polar surface area (TPSA) is 70.7 Å². The minimum atomic E-state index is -0.895. The highest BCUT2D eigenvalue weighted by atomic mass is 19.2. The van der Waals surface area contributed by atoms with Crippen molar-refractivity contribution in [3.8, 4) is 0 Å². The van der Waals surface area contributed by atoms with Crippen LogP contribution < -0.4 is 10.6 Å². The second-order valence-corrected chi connectivity index (χ2v) is 5.99. The van der Waals surface area contributed by atoms with Crippen molar-refractivity contribution in [1.29, 1.82) is 0 Å². The predicted molar refractivity (Wildman–Crippen MR) is 81.3 cm³/mol. The standard InChI is InChI=1S/C16H19F2N3O3/c17-11-2-1-10(7-12(11)18)3-5-19-16(23)21-6-4-14-13(8-21)20-15(22)9-24-14/h1-2,7,13-14H,3-6,8-9H2,(H,19,23)(H,20,22)/t13-,14-/m1/s1. The first kappa shape index (κ1) is 16.6. The minimum Gasteiger partial charge on any atom is -0.366 e. The van der Waals surface area contributed by atoms with Gasteiger partial charge in [0.25, 0.3) is 0 Å². The molecular weight excluding hydrogens is 320 g/mol. The van der Waals surface area contributed by atoms with Crippen molar-refractivity contribution in [2.75, 3.05) is 26.2 Å². The molecule has 0 unspecified atom stereocenters. The highest BCUT2D eigenvalue weighted by Gasteiger charge is 2.36. The van der Waals surface area contributed by atoms with Crippen LogP contribution in [-0.4, -0.2) is 55.2 Å². The molecule has 2 atom stereocenters. The highest BCUT2D eigenvalue weighted by Crippen LogP contribution is 2.17. The summed E-state index contributed by atoms with van der Waals surface area (Å²) in [4.78, 5) is 25.2. The molecule has 0 radical (unpaired) electrons. The number of nitrogens with zero attached hydrogens (tertiary/aromatic N) is 1. The maximum Gasteiger partial charge on any atom is 0.317 e. The van der Waals surface area contributed by atoms with Gasteiger partial charge < -0.3 is 20.3 Å². The van der Waals surface area contributed by atoms with E-state index >= 15 is 0 Å². The van der Waals surface area contributed by atoms with Crippen molar-refractivity contribution in [2.45, 2.75) is 25.0 Å². The molecule has 6 nitrogen and oxygen atoms in total. The van der Waals surface area contributed by atoms with Crippen LogP contribution >= 0.6 is 0 Å². The normalized spacial score (nSPS) is 23.4. The van der Waals surface area contributed by atoms with Crippen LogP contribution in [0.5, 0.6) is 0 Å². The second-order valence-electron chi connectivity index (χ2n) is 5.99. The molecule has 2 N–H and O–H groups in total. The smallest absolute Gasteiger partial charge is 0.317 e. The van der Waals surface area contributed by atoms with Crippen LogP contribution in [0.4, 0.5) is 13.6 Å². The number of benzene rings is 1. The van der Waals surface area contributed by atoms with Crippen LogP contribution in [-0.2, 0) is 16.0 Å². The van der Waals surface area contributed by atoms with E-state index in [9.17, 15) is 18.4 Å². The Morgan fingerprint density at radius 3 is 3.00 bits per heavy atom. The molecule has 0 aromatic heterocycles. The number of halogens is 2. The molecule has 2 heterocycles. The quantitative estimate of drug-likeness (QED) is 0.856. The van der Waals surface area contributed by atoms with Crippen LogP contribution in [0, 0.1) is 11.6 Å². The van der Waals surface area contributed by atoms with Crippen molar-refractivity contribution >= 4 is 11.9 Å². The molecular formula is C16H19F2N3O3. The molecule has 130 valence electrons. The van der Waals surface area contributed by atoms with Crippen molar-refractivity contribution in [1.82, 2.24) is 15.5 Å². The van der Waals surface area contributed by atoms with Gasteiger partial charge in [0, 0.05) is 19.6 Å². The lowest BCUT2D eigenvalue weighted by atomic mass is 10.0. The summed E-state index contributed by atoms with van der Waals surface area (Å²) in [7, 11) is 0. The zero-order chi connectivity index (χ0) is 17.1. The summed E-state index contributed by atoms with van der Waals surface area (Å²) in [6, 6.07) is 3.27. The van der Waals surface area contributed by atoms with E-state index in [0.29, 0.717) is 38.0 Å². The SMILES string of the molecule is O=C1CO[C@@H]2CCN(C(=O)NCCc3ccc(F)c(F)c3)C[C@H]2N1. The second kappa shape index (κ2) is 7.12. The maximum absolute atomic E-state index is 13.1. The van der Waals surface area contributed by atoms with Crippen molar-refractivity contribution < 1.29 is 23.1 Å². The lowest BCUT2D eigenvalue weighted by Gasteiger charge is -2.40. The van der Waals surface area contributed by atoms with E-state index in [1.54, 1.807) is 4.90 Å². The Kier molecular flexibility index (Phi) is 4.94. The first-order valence-electron chi connectivity index (χ1n) is 7.90. The Morgan fingerprint density at radius 2 is 2.21 bits per heavy atom. The van der Waals surface area contributed by atoms with E-state index in [1.165, 1.54) is 6.07 Å². The first-order valence-corrected chi connectivity index (χ1v) is 7.90. The van der Waals surface area contributed by atoms with Gasteiger partial charge in [-0.05, 0) is 30.5 Å². The Hall–Kier alpha value is -2.22. The molecule has 0 bridgehead atoms. The van der Waals surface area contributed by atoms with Crippen LogP contribution in [0.3, 0.4) is 0 Å². The van der Waals surface area contributed by atoms with Gasteiger partial charge >= 0.3 is 6.03 Å². The van der Waals surface area contributed by atoms with Gasteiger partial charge in [-0.2, -0.15) is 0 Å². The van der Waals surface area contributed by atoms with Gasteiger partial charge in [0.15, 0.2) is 11.6 Å². The number of carbonyl (C=O) groups excluding carboxylic acids is 2. The van der Waals surface area contributed by atoms with E-state index in [2.05, 4.69) is 10.6 Å². The van der Waals surface area contributed by atoms with Gasteiger partial charge in [0.2, 0.25) is 5.91 Å². The van der Waals surface area contributed by atoms with Gasteiger partial charge in [0.05, 0.1) is 12.1 Å². The molecule has 3 amide bonds. The van der Waals surface area contributed by atoms with Crippen LogP contribution in [0.2, 0.25) is 0 Å². The zero-order valence-electron chi connectivity index (χ0n) is 13.1. The summed E-state index contributed by atoms with van der Waals surface area (Å²) in [5, 5.41) is 5.59. The van der Waals surface area contributed by atoms with Crippen LogP contribution in [0.1, 0.15) is 12.0 Å². The summed E-state index contributed by atoms with van der Waals surface area (Å²) in [6.07, 6.45) is 1.03. The number of likely N-dealkylation sites (tertiary alicyclic amines) is 1. The van der Waals surface area contributed by atoms with E-state index in [4.69, 9.17) is 4.74 Å². The van der Waals surface area contributed by atoms with Crippen molar-refractivity contribution in [2.24, 2.45) is 0 Å². The lowest BCUT2D eigenvalue weighted by Crippen LogP contribution is -2.62. The third-order valence-corrected chi connectivity index (χ3v) is 4.29. The molecule has 2 aliphatic heterocycles. The maximum atomic E-state index is 13.1. The van der Waals surface area contributed by atoms with E-state index < -0.39 is 11.6 Å². The number of nitrogens with one attached hydrogen (secondary N) is 2. The van der Waals surface area contributed by atoms with E-state index in [-0.39, 0.29) is 30.7 Å². The van der Waals surface area contributed by atoms with E-state index in [0.717, 1.165) is 12.1 Å². The number of ether oxygens (including phenoxy) is 1. The summed E-state index contributed by atoms with van der Waals surface area (Å²) in [6.45, 7) is 1.33. The summed E-state index contributed by atoms with van der Waals surface area (Å²) in [5.41, 5.74) is 0.612. The number of carbonyl (C=O) groups is 2. The molecule has 1 aromatic rings. The average Bonchev–Trinajstić information content (AvgIpc) is 2.57. The molecule has 2 aliphatic rings. The van der Waals surface area contributed by atoms with Gasteiger partial charge in [-0.15, -0.1) is 0 Å². The van der Waals surface area contributed by atoms with Crippen LogP contribution in [0.15, 0.2) is 18.2 Å². The number of hydrogen-bond donors (Lipinski definition) is 2. The molecule has 0 spiro atoms. The third-order valence-electron chi connectivity index (χ3n) is 4.29. The fraction of sp³-hybridized carbons (Fsp3) is 0.500. The van der Waals surface area contributed by atoms with Crippen molar-refractivity contribution in [3.05, 3.63) is 35.4 Å². The lowest BCUT2D eigenvalue weighted by molar-refractivity contribution is -0.139. The Morgan fingerprint density at radius 1 is 1.38 bits per heavy atom. The number of urea groups is 1. The summed E-state index contributed by atoms with van der Waals surface area (Å²) < 4.78 is 31.4. The Balaban J connectivity index is 1.46. The summed E-state index contributed by atoms with van der Waals surface area (Å²) >= 11 is 0. The van der Waals surface area contributed by atoms with Gasteiger partial charge in [-0.1, -0.05) is 6.07 Å². The fourth-order valence-corrected chi connectivity index (χ4v) is 3.00. The first-order chi connectivity index (χ1) is 11.5. The number of morpholine rings is 1. The minimum absolute atomic E-state index is 0.0473. The van der Waals surface area contributed by atoms with Gasteiger partial charge in [0.1, 0.15) is 6.61 Å². The monoisotopic (exact) mass is 339 g/mol. The van der Waals surface area contributed by atoms with Crippen molar-refractivity contribution in [3.63, 3.8) is 0 Å². The van der Waals surface area contributed by atoms with Crippen LogP contribution in [0.25, 0.3) is 0 Å². The molecule has 24 heavy (non-hydrogen) atoms. The molecule has 3 rings (SSSR count). The predicted octanol–water partition coefficient (Wildman–Crippen LogP) is 0.806. The molecule has 2 fully saturated rings.